The molecular weight excluding hydrogens is 482 g/mol. The second-order valence-corrected chi connectivity index (χ2v) is 8.90. The highest BCUT2D eigenvalue weighted by Crippen LogP contribution is 2.21. The highest BCUT2D eigenvalue weighted by molar-refractivity contribution is 9.10. The fourth-order valence-corrected chi connectivity index (χ4v) is 3.94. The van der Waals surface area contributed by atoms with Crippen LogP contribution in [0.1, 0.15) is 15.9 Å². The van der Waals surface area contributed by atoms with E-state index in [1.54, 1.807) is 12.1 Å². The van der Waals surface area contributed by atoms with Crippen LogP contribution in [0.4, 0.5) is 11.4 Å². The van der Waals surface area contributed by atoms with E-state index >= 15 is 0 Å². The molecule has 1 aliphatic rings. The van der Waals surface area contributed by atoms with E-state index in [0.717, 1.165) is 40.1 Å². The Hall–Kier alpha value is -3.32. The van der Waals surface area contributed by atoms with E-state index in [1.807, 2.05) is 72.5 Å². The molecule has 0 saturated carbocycles. The minimum atomic E-state index is -0.214. The van der Waals surface area contributed by atoms with Crippen LogP contribution in [0.2, 0.25) is 0 Å². The molecule has 0 unspecified atom stereocenters. The van der Waals surface area contributed by atoms with Crippen molar-refractivity contribution < 1.29 is 14.3 Å². The Morgan fingerprint density at radius 3 is 2.15 bits per heavy atom. The summed E-state index contributed by atoms with van der Waals surface area (Å²) in [6.07, 6.45) is 0. The fraction of sp³-hybridized carbons (Fsp3) is 0.231. The van der Waals surface area contributed by atoms with Gasteiger partial charge in [-0.25, -0.2) is 0 Å². The quantitative estimate of drug-likeness (QED) is 0.523. The molecule has 6 nitrogen and oxygen atoms in total. The normalized spacial score (nSPS) is 13.5. The molecule has 1 heterocycles. The van der Waals surface area contributed by atoms with Crippen molar-refractivity contribution in [2.24, 2.45) is 0 Å². The predicted molar refractivity (Wildman–Crippen MR) is 134 cm³/mol. The summed E-state index contributed by atoms with van der Waals surface area (Å²) in [4.78, 5) is 29.1. The van der Waals surface area contributed by atoms with Gasteiger partial charge in [0.2, 0.25) is 0 Å². The maximum atomic E-state index is 12.7. The fourth-order valence-electron chi connectivity index (χ4n) is 3.68. The number of halogens is 1. The van der Waals surface area contributed by atoms with Crippen LogP contribution in [0.3, 0.4) is 0 Å². The lowest BCUT2D eigenvalue weighted by Gasteiger charge is -2.36. The standard InChI is InChI=1S/C26H26BrN3O3/c1-19-2-4-20(5-3-19)26(32)30-16-14-29(15-17-30)23-10-8-22(9-11-23)28-25(31)18-33-24-12-6-21(27)7-13-24/h2-13H,14-18H2,1H3,(H,28,31). The van der Waals surface area contributed by atoms with Crippen LogP contribution in [0, 0.1) is 6.92 Å². The van der Waals surface area contributed by atoms with Gasteiger partial charge in [-0.1, -0.05) is 33.6 Å². The van der Waals surface area contributed by atoms with Gasteiger partial charge in [0.15, 0.2) is 6.61 Å². The monoisotopic (exact) mass is 507 g/mol. The second kappa shape index (κ2) is 10.5. The molecule has 2 amide bonds. The third kappa shape index (κ3) is 6.14. The number of nitrogens with one attached hydrogen (secondary N) is 1. The SMILES string of the molecule is Cc1ccc(C(=O)N2CCN(c3ccc(NC(=O)COc4ccc(Br)cc4)cc3)CC2)cc1. The Morgan fingerprint density at radius 2 is 1.52 bits per heavy atom. The summed E-state index contributed by atoms with van der Waals surface area (Å²) < 4.78 is 6.46. The zero-order chi connectivity index (χ0) is 23.2. The molecule has 1 saturated heterocycles. The Morgan fingerprint density at radius 1 is 0.879 bits per heavy atom. The van der Waals surface area contributed by atoms with Crippen molar-refractivity contribution in [1.29, 1.82) is 0 Å². The van der Waals surface area contributed by atoms with Crippen molar-refractivity contribution in [2.75, 3.05) is 43.0 Å². The second-order valence-electron chi connectivity index (χ2n) is 7.98. The highest BCUT2D eigenvalue weighted by atomic mass is 79.9. The molecule has 3 aromatic rings. The van der Waals surface area contributed by atoms with E-state index in [-0.39, 0.29) is 18.4 Å². The maximum Gasteiger partial charge on any atom is 0.262 e. The van der Waals surface area contributed by atoms with Gasteiger partial charge in [0.1, 0.15) is 5.75 Å². The van der Waals surface area contributed by atoms with Crippen molar-refractivity contribution in [3.05, 3.63) is 88.4 Å². The molecule has 4 rings (SSSR count). The van der Waals surface area contributed by atoms with Gasteiger partial charge in [0.05, 0.1) is 0 Å². The molecule has 3 aromatic carbocycles. The van der Waals surface area contributed by atoms with Crippen LogP contribution in [-0.2, 0) is 4.79 Å². The van der Waals surface area contributed by atoms with E-state index in [0.29, 0.717) is 18.8 Å². The summed E-state index contributed by atoms with van der Waals surface area (Å²) in [7, 11) is 0. The Kier molecular flexibility index (Phi) is 7.29. The third-order valence-electron chi connectivity index (χ3n) is 5.57. The number of piperazine rings is 1. The van der Waals surface area contributed by atoms with Gasteiger partial charge in [-0.2, -0.15) is 0 Å². The van der Waals surface area contributed by atoms with Crippen molar-refractivity contribution in [3.8, 4) is 5.75 Å². The van der Waals surface area contributed by atoms with Crippen molar-refractivity contribution >= 4 is 39.1 Å². The number of carbonyl (C=O) groups is 2. The van der Waals surface area contributed by atoms with Gasteiger partial charge in [0, 0.05) is 47.6 Å². The number of hydrogen-bond acceptors (Lipinski definition) is 4. The van der Waals surface area contributed by atoms with Gasteiger partial charge in [-0.15, -0.1) is 0 Å². The van der Waals surface area contributed by atoms with Crippen molar-refractivity contribution in [1.82, 2.24) is 4.90 Å². The topological polar surface area (TPSA) is 61.9 Å². The van der Waals surface area contributed by atoms with E-state index in [9.17, 15) is 9.59 Å². The largest absolute Gasteiger partial charge is 0.484 e. The molecule has 170 valence electrons. The average molecular weight is 508 g/mol. The minimum Gasteiger partial charge on any atom is -0.484 e. The summed E-state index contributed by atoms with van der Waals surface area (Å²) >= 11 is 3.37. The molecule has 1 aliphatic heterocycles. The molecule has 0 radical (unpaired) electrons. The molecule has 7 heteroatoms. The first-order valence-electron chi connectivity index (χ1n) is 10.9. The molecule has 33 heavy (non-hydrogen) atoms. The highest BCUT2D eigenvalue weighted by Gasteiger charge is 2.22. The number of anilines is 2. The number of rotatable bonds is 6. The van der Waals surface area contributed by atoms with Crippen LogP contribution in [0.5, 0.6) is 5.75 Å². The molecule has 0 aliphatic carbocycles. The van der Waals surface area contributed by atoms with Gasteiger partial charge in [-0.05, 0) is 67.6 Å². The van der Waals surface area contributed by atoms with E-state index in [2.05, 4.69) is 26.1 Å². The average Bonchev–Trinajstić information content (AvgIpc) is 2.84. The summed E-state index contributed by atoms with van der Waals surface area (Å²) in [5.74, 6) is 0.510. The smallest absolute Gasteiger partial charge is 0.262 e. The third-order valence-corrected chi connectivity index (χ3v) is 6.09. The van der Waals surface area contributed by atoms with Crippen LogP contribution < -0.4 is 15.0 Å². The van der Waals surface area contributed by atoms with Crippen LogP contribution in [-0.4, -0.2) is 49.5 Å². The van der Waals surface area contributed by atoms with Gasteiger partial charge in [-0.3, -0.25) is 9.59 Å². The molecule has 1 fully saturated rings. The predicted octanol–water partition coefficient (Wildman–Crippen LogP) is 4.74. The van der Waals surface area contributed by atoms with E-state index in [4.69, 9.17) is 4.74 Å². The first-order valence-corrected chi connectivity index (χ1v) is 11.7. The first-order chi connectivity index (χ1) is 16.0. The number of carbonyl (C=O) groups excluding carboxylic acids is 2. The lowest BCUT2D eigenvalue weighted by Crippen LogP contribution is -2.48. The van der Waals surface area contributed by atoms with E-state index < -0.39 is 0 Å². The zero-order valence-corrected chi connectivity index (χ0v) is 20.0. The van der Waals surface area contributed by atoms with Crippen LogP contribution >= 0.6 is 15.9 Å². The Balaban J connectivity index is 1.25. The molecule has 0 aromatic heterocycles. The van der Waals surface area contributed by atoms with Gasteiger partial charge < -0.3 is 19.9 Å². The minimum absolute atomic E-state index is 0.0552. The molecule has 0 atom stereocenters. The van der Waals surface area contributed by atoms with E-state index in [1.165, 1.54) is 0 Å². The van der Waals surface area contributed by atoms with Gasteiger partial charge in [0.25, 0.3) is 11.8 Å². The molecule has 0 spiro atoms. The lowest BCUT2D eigenvalue weighted by atomic mass is 10.1. The number of nitrogens with zero attached hydrogens (tertiary/aromatic N) is 2. The molecule has 1 N–H and O–H groups in total. The zero-order valence-electron chi connectivity index (χ0n) is 18.5. The summed E-state index contributed by atoms with van der Waals surface area (Å²) in [6.45, 7) is 4.85. The molecule has 0 bridgehead atoms. The maximum absolute atomic E-state index is 12.7. The van der Waals surface area contributed by atoms with Crippen molar-refractivity contribution in [3.63, 3.8) is 0 Å². The number of aryl methyl sites for hydroxylation is 1. The van der Waals surface area contributed by atoms with Gasteiger partial charge >= 0.3 is 0 Å². The first kappa shape index (κ1) is 22.9. The summed E-state index contributed by atoms with van der Waals surface area (Å²) in [5.41, 5.74) is 3.67. The Labute approximate surface area is 202 Å². The number of benzene rings is 3. The van der Waals surface area contributed by atoms with Crippen molar-refractivity contribution in [2.45, 2.75) is 6.92 Å². The molecular formula is C26H26BrN3O3. The van der Waals surface area contributed by atoms with Crippen LogP contribution in [0.15, 0.2) is 77.3 Å². The number of ether oxygens (including phenoxy) is 1. The summed E-state index contributed by atoms with van der Waals surface area (Å²) in [5, 5.41) is 2.85. The Bertz CT molecular complexity index is 1090. The number of amides is 2. The summed E-state index contributed by atoms with van der Waals surface area (Å²) in [6, 6.07) is 22.8. The lowest BCUT2D eigenvalue weighted by molar-refractivity contribution is -0.118. The number of hydrogen-bond donors (Lipinski definition) is 1. The van der Waals surface area contributed by atoms with Crippen LogP contribution in [0.25, 0.3) is 0 Å².